The lowest BCUT2D eigenvalue weighted by atomic mass is 9.96. The zero-order chi connectivity index (χ0) is 19.5. The van der Waals surface area contributed by atoms with Crippen molar-refractivity contribution in [2.24, 2.45) is 0 Å². The number of carbonyl (C=O) groups excluding carboxylic acids is 1. The second kappa shape index (κ2) is 7.89. The Morgan fingerprint density at radius 2 is 1.82 bits per heavy atom. The zero-order valence-electron chi connectivity index (χ0n) is 16.3. The van der Waals surface area contributed by atoms with Crippen LogP contribution in [-0.2, 0) is 0 Å². The Balaban J connectivity index is 1.80. The summed E-state index contributed by atoms with van der Waals surface area (Å²) in [5.74, 6) is 0.864. The molecule has 2 heterocycles. The first-order chi connectivity index (χ1) is 13.7. The molecule has 5 nitrogen and oxygen atoms in total. The van der Waals surface area contributed by atoms with Crippen LogP contribution in [0, 0.1) is 0 Å². The molecular formula is C23H25N3O2. The number of hydrogen-bond donors (Lipinski definition) is 1. The van der Waals surface area contributed by atoms with Crippen molar-refractivity contribution in [3.05, 3.63) is 71.4 Å². The van der Waals surface area contributed by atoms with E-state index in [0.29, 0.717) is 12.3 Å². The summed E-state index contributed by atoms with van der Waals surface area (Å²) in [6.07, 6.45) is 2.01. The van der Waals surface area contributed by atoms with Crippen LogP contribution >= 0.6 is 0 Å². The van der Waals surface area contributed by atoms with E-state index < -0.39 is 0 Å². The molecule has 0 bridgehead atoms. The van der Waals surface area contributed by atoms with Crippen molar-refractivity contribution < 1.29 is 9.53 Å². The first-order valence-corrected chi connectivity index (χ1v) is 9.92. The van der Waals surface area contributed by atoms with Crippen molar-refractivity contribution in [2.75, 3.05) is 13.2 Å². The van der Waals surface area contributed by atoms with Gasteiger partial charge in [-0.1, -0.05) is 55.8 Å². The fourth-order valence-corrected chi connectivity index (χ4v) is 3.83. The largest absolute Gasteiger partial charge is 0.494 e. The van der Waals surface area contributed by atoms with Crippen LogP contribution in [0.1, 0.15) is 54.3 Å². The minimum absolute atomic E-state index is 0.0250. The fourth-order valence-electron chi connectivity index (χ4n) is 3.83. The summed E-state index contributed by atoms with van der Waals surface area (Å²) in [4.78, 5) is 15.1. The van der Waals surface area contributed by atoms with Crippen molar-refractivity contribution >= 4 is 5.91 Å². The average molecular weight is 375 g/mol. The van der Waals surface area contributed by atoms with Gasteiger partial charge in [-0.05, 0) is 31.0 Å². The number of nitrogens with zero attached hydrogens (tertiary/aromatic N) is 2. The van der Waals surface area contributed by atoms with E-state index >= 15 is 0 Å². The van der Waals surface area contributed by atoms with Gasteiger partial charge in [0.2, 0.25) is 0 Å². The molecule has 0 saturated carbocycles. The highest BCUT2D eigenvalue weighted by atomic mass is 16.5. The predicted molar refractivity (Wildman–Crippen MR) is 109 cm³/mol. The van der Waals surface area contributed by atoms with Gasteiger partial charge < -0.3 is 9.64 Å². The zero-order valence-corrected chi connectivity index (χ0v) is 16.3. The van der Waals surface area contributed by atoms with Gasteiger partial charge >= 0.3 is 0 Å². The number of hydrogen-bond acceptors (Lipinski definition) is 3. The van der Waals surface area contributed by atoms with E-state index in [-0.39, 0.29) is 11.9 Å². The number of H-pyrrole nitrogens is 1. The molecule has 28 heavy (non-hydrogen) atoms. The van der Waals surface area contributed by atoms with Gasteiger partial charge in [-0.15, -0.1) is 0 Å². The summed E-state index contributed by atoms with van der Waals surface area (Å²) in [6.45, 7) is 5.47. The Morgan fingerprint density at radius 3 is 2.50 bits per heavy atom. The summed E-state index contributed by atoms with van der Waals surface area (Å²) in [6, 6.07) is 18.0. The van der Waals surface area contributed by atoms with Crippen LogP contribution in [0.25, 0.3) is 11.3 Å². The molecule has 0 aliphatic carbocycles. The number of ether oxygens (including phenoxy) is 1. The summed E-state index contributed by atoms with van der Waals surface area (Å²) >= 11 is 0. The Hall–Kier alpha value is -3.08. The Morgan fingerprint density at radius 1 is 1.07 bits per heavy atom. The lowest BCUT2D eigenvalue weighted by Gasteiger charge is -2.26. The normalized spacial score (nSPS) is 15.7. The maximum absolute atomic E-state index is 13.1. The molecule has 1 atom stereocenters. The quantitative estimate of drug-likeness (QED) is 0.644. The van der Waals surface area contributed by atoms with Gasteiger partial charge in [0.25, 0.3) is 5.91 Å². The lowest BCUT2D eigenvalue weighted by molar-refractivity contribution is 0.0741. The second-order valence-corrected chi connectivity index (χ2v) is 6.98. The molecular weight excluding hydrogens is 350 g/mol. The van der Waals surface area contributed by atoms with Crippen LogP contribution in [0.3, 0.4) is 0 Å². The van der Waals surface area contributed by atoms with Gasteiger partial charge in [0, 0.05) is 17.7 Å². The lowest BCUT2D eigenvalue weighted by Crippen LogP contribution is -2.30. The number of amides is 1. The highest BCUT2D eigenvalue weighted by molar-refractivity contribution is 6.00. The van der Waals surface area contributed by atoms with Crippen molar-refractivity contribution in [3.8, 4) is 17.0 Å². The van der Waals surface area contributed by atoms with E-state index in [1.807, 2.05) is 54.3 Å². The first-order valence-electron chi connectivity index (χ1n) is 9.92. The smallest absolute Gasteiger partial charge is 0.273 e. The van der Waals surface area contributed by atoms with Gasteiger partial charge in [-0.25, -0.2) is 0 Å². The number of aromatic amines is 1. The van der Waals surface area contributed by atoms with Crippen molar-refractivity contribution in [1.29, 1.82) is 0 Å². The molecule has 0 spiro atoms. The monoisotopic (exact) mass is 375 g/mol. The van der Waals surface area contributed by atoms with E-state index in [4.69, 9.17) is 4.74 Å². The molecule has 4 rings (SSSR count). The highest BCUT2D eigenvalue weighted by Crippen LogP contribution is 2.43. The SMILES string of the molecule is CCCCN1C(=O)c2[nH]nc(-c3ccccc3)c2C1c1ccc(OCC)cc1. The predicted octanol–water partition coefficient (Wildman–Crippen LogP) is 4.82. The van der Waals surface area contributed by atoms with Gasteiger partial charge in [0.05, 0.1) is 18.3 Å². The molecule has 1 aromatic heterocycles. The Labute approximate surface area is 165 Å². The van der Waals surface area contributed by atoms with Crippen LogP contribution in [0.2, 0.25) is 0 Å². The van der Waals surface area contributed by atoms with Crippen molar-refractivity contribution in [3.63, 3.8) is 0 Å². The van der Waals surface area contributed by atoms with E-state index in [0.717, 1.165) is 47.5 Å². The number of aromatic nitrogens is 2. The molecule has 1 aliphatic rings. The van der Waals surface area contributed by atoms with Gasteiger partial charge in [0.1, 0.15) is 11.4 Å². The first kappa shape index (κ1) is 18.3. The molecule has 3 aromatic rings. The maximum Gasteiger partial charge on any atom is 0.273 e. The van der Waals surface area contributed by atoms with Crippen LogP contribution < -0.4 is 4.74 Å². The topological polar surface area (TPSA) is 58.2 Å². The fraction of sp³-hybridized carbons (Fsp3) is 0.304. The summed E-state index contributed by atoms with van der Waals surface area (Å²) in [5, 5.41) is 7.51. The number of fused-ring (bicyclic) bond motifs is 1. The minimum atomic E-state index is -0.140. The van der Waals surface area contributed by atoms with Crippen LogP contribution in [0.5, 0.6) is 5.75 Å². The molecule has 144 valence electrons. The molecule has 5 heteroatoms. The average Bonchev–Trinajstić information content (AvgIpc) is 3.27. The van der Waals surface area contributed by atoms with E-state index in [1.165, 1.54) is 0 Å². The molecule has 1 unspecified atom stereocenters. The third-order valence-electron chi connectivity index (χ3n) is 5.17. The molecule has 0 fully saturated rings. The third-order valence-corrected chi connectivity index (χ3v) is 5.17. The maximum atomic E-state index is 13.1. The minimum Gasteiger partial charge on any atom is -0.494 e. The number of carbonyl (C=O) groups is 1. The summed E-state index contributed by atoms with van der Waals surface area (Å²) in [7, 11) is 0. The van der Waals surface area contributed by atoms with Crippen molar-refractivity contribution in [2.45, 2.75) is 32.7 Å². The Bertz CT molecular complexity index is 948. The number of benzene rings is 2. The molecule has 1 amide bonds. The van der Waals surface area contributed by atoms with E-state index in [1.54, 1.807) is 0 Å². The van der Waals surface area contributed by atoms with Gasteiger partial charge in [-0.3, -0.25) is 9.89 Å². The molecule has 2 aromatic carbocycles. The Kier molecular flexibility index (Phi) is 5.15. The van der Waals surface area contributed by atoms with Crippen LogP contribution in [0.15, 0.2) is 54.6 Å². The second-order valence-electron chi connectivity index (χ2n) is 6.98. The molecule has 0 radical (unpaired) electrons. The highest BCUT2D eigenvalue weighted by Gasteiger charge is 2.41. The number of rotatable bonds is 7. The van der Waals surface area contributed by atoms with E-state index in [2.05, 4.69) is 29.3 Å². The molecule has 0 saturated heterocycles. The van der Waals surface area contributed by atoms with Crippen LogP contribution in [-0.4, -0.2) is 34.2 Å². The van der Waals surface area contributed by atoms with Gasteiger partial charge in [-0.2, -0.15) is 5.10 Å². The molecule has 1 N–H and O–H groups in total. The third kappa shape index (κ3) is 3.17. The van der Waals surface area contributed by atoms with Crippen LogP contribution in [0.4, 0.5) is 0 Å². The standard InChI is InChI=1S/C23H25N3O2/c1-3-5-15-26-22(17-11-13-18(14-12-17)28-4-2)19-20(16-9-7-6-8-10-16)24-25-21(19)23(26)27/h6-14,22H,3-5,15H2,1-2H3,(H,24,25). The molecule has 1 aliphatic heterocycles. The number of nitrogens with one attached hydrogen (secondary N) is 1. The summed E-state index contributed by atoms with van der Waals surface area (Å²) < 4.78 is 5.58. The summed E-state index contributed by atoms with van der Waals surface area (Å²) in [5.41, 5.74) is 4.51. The van der Waals surface area contributed by atoms with E-state index in [9.17, 15) is 4.79 Å². The van der Waals surface area contributed by atoms with Crippen molar-refractivity contribution in [1.82, 2.24) is 15.1 Å². The number of unbranched alkanes of at least 4 members (excludes halogenated alkanes) is 1. The van der Waals surface area contributed by atoms with Gasteiger partial charge in [0.15, 0.2) is 0 Å².